The summed E-state index contributed by atoms with van der Waals surface area (Å²) in [7, 11) is 5.44. The molecule has 1 heterocycles. The predicted molar refractivity (Wildman–Crippen MR) is 109 cm³/mol. The average molecular weight is 385 g/mol. The molecule has 0 spiro atoms. The van der Waals surface area contributed by atoms with Gasteiger partial charge in [-0.2, -0.15) is 5.10 Å². The number of nitrogens with zero attached hydrogens (tertiary/aromatic N) is 3. The highest BCUT2D eigenvalue weighted by Gasteiger charge is 2.14. The molecule has 1 aromatic heterocycles. The monoisotopic (exact) mass is 384 g/mol. The Kier molecular flexibility index (Phi) is 5.66. The maximum absolute atomic E-state index is 12.4. The smallest absolute Gasteiger partial charge is 0.246 e. The van der Waals surface area contributed by atoms with Gasteiger partial charge in [0.2, 0.25) is 5.91 Å². The summed E-state index contributed by atoms with van der Waals surface area (Å²) in [6, 6.07) is 14.7. The summed E-state index contributed by atoms with van der Waals surface area (Å²) in [5.74, 6) is 1.37. The van der Waals surface area contributed by atoms with E-state index >= 15 is 0 Å². The average Bonchev–Trinajstić information content (AvgIpc) is 3.07. The van der Waals surface area contributed by atoms with Crippen LogP contribution < -0.4 is 15.0 Å². The number of aromatic nitrogens is 2. The Balaban J connectivity index is 1.77. The first-order valence-electron chi connectivity index (χ1n) is 8.41. The van der Waals surface area contributed by atoms with Gasteiger partial charge in [-0.05, 0) is 42.0 Å². The van der Waals surface area contributed by atoms with Crippen LogP contribution in [-0.2, 0) is 11.3 Å². The molecule has 0 atom stereocenters. The molecule has 0 aliphatic rings. The molecule has 140 valence electrons. The third-order valence-electron chi connectivity index (χ3n) is 4.00. The van der Waals surface area contributed by atoms with Crippen molar-refractivity contribution in [3.05, 3.63) is 59.8 Å². The Morgan fingerprint density at radius 3 is 2.41 bits per heavy atom. The molecule has 27 heavy (non-hydrogen) atoms. The van der Waals surface area contributed by atoms with Crippen molar-refractivity contribution in [2.45, 2.75) is 6.54 Å². The molecule has 0 saturated carbocycles. The largest absolute Gasteiger partial charge is 0.497 e. The summed E-state index contributed by atoms with van der Waals surface area (Å²) in [5, 5.41) is 8.08. The van der Waals surface area contributed by atoms with Crippen LogP contribution in [0.1, 0.15) is 0 Å². The lowest BCUT2D eigenvalue weighted by Crippen LogP contribution is -2.19. The molecule has 1 amide bonds. The minimum Gasteiger partial charge on any atom is -0.497 e. The molecule has 7 heteroatoms. The van der Waals surface area contributed by atoms with E-state index in [4.69, 9.17) is 16.3 Å². The van der Waals surface area contributed by atoms with Crippen LogP contribution in [0, 0.1) is 0 Å². The highest BCUT2D eigenvalue weighted by Crippen LogP contribution is 2.29. The summed E-state index contributed by atoms with van der Waals surface area (Å²) in [4.78, 5) is 14.3. The number of anilines is 2. The lowest BCUT2D eigenvalue weighted by molar-refractivity contribution is -0.116. The predicted octanol–water partition coefficient (Wildman–Crippen LogP) is 3.92. The van der Waals surface area contributed by atoms with Crippen LogP contribution in [0.2, 0.25) is 5.02 Å². The van der Waals surface area contributed by atoms with Crippen molar-refractivity contribution >= 4 is 29.0 Å². The number of carbonyl (C=O) groups is 1. The Labute approximate surface area is 163 Å². The van der Waals surface area contributed by atoms with Gasteiger partial charge in [0.1, 0.15) is 12.3 Å². The van der Waals surface area contributed by atoms with Gasteiger partial charge in [-0.15, -0.1) is 0 Å². The number of nitrogens with one attached hydrogen (secondary N) is 1. The van der Waals surface area contributed by atoms with Gasteiger partial charge >= 0.3 is 0 Å². The molecule has 0 fully saturated rings. The zero-order valence-corrected chi connectivity index (χ0v) is 16.2. The van der Waals surface area contributed by atoms with Crippen molar-refractivity contribution in [2.75, 3.05) is 31.4 Å². The van der Waals surface area contributed by atoms with Gasteiger partial charge in [0, 0.05) is 36.6 Å². The normalized spacial score (nSPS) is 10.5. The molecule has 3 rings (SSSR count). The number of hydrogen-bond donors (Lipinski definition) is 1. The Morgan fingerprint density at radius 1 is 1.15 bits per heavy atom. The molecule has 6 nitrogen and oxygen atoms in total. The fraction of sp³-hybridized carbons (Fsp3) is 0.200. The number of methoxy groups -OCH3 is 1. The quantitative estimate of drug-likeness (QED) is 0.699. The summed E-state index contributed by atoms with van der Waals surface area (Å²) in [6.07, 6.45) is 1.87. The number of carbonyl (C=O) groups excluding carboxylic acids is 1. The number of benzene rings is 2. The zero-order chi connectivity index (χ0) is 19.4. The van der Waals surface area contributed by atoms with E-state index in [1.807, 2.05) is 49.5 Å². The van der Waals surface area contributed by atoms with Crippen LogP contribution in [0.5, 0.6) is 5.75 Å². The van der Waals surface area contributed by atoms with E-state index in [2.05, 4.69) is 10.4 Å². The van der Waals surface area contributed by atoms with Gasteiger partial charge in [-0.1, -0.05) is 23.7 Å². The molecule has 0 aliphatic carbocycles. The molecule has 2 aromatic carbocycles. The van der Waals surface area contributed by atoms with Crippen LogP contribution in [-0.4, -0.2) is 36.9 Å². The fourth-order valence-corrected chi connectivity index (χ4v) is 2.80. The number of hydrogen-bond acceptors (Lipinski definition) is 4. The first-order chi connectivity index (χ1) is 13.0. The van der Waals surface area contributed by atoms with Crippen LogP contribution in [0.25, 0.3) is 11.1 Å². The third-order valence-corrected chi connectivity index (χ3v) is 4.25. The molecule has 0 saturated heterocycles. The Morgan fingerprint density at radius 2 is 1.81 bits per heavy atom. The van der Waals surface area contributed by atoms with Crippen molar-refractivity contribution in [3.63, 3.8) is 0 Å². The molecule has 1 N–H and O–H groups in total. The van der Waals surface area contributed by atoms with Gasteiger partial charge < -0.3 is 15.0 Å². The van der Waals surface area contributed by atoms with E-state index in [1.54, 1.807) is 36.1 Å². The second-order valence-electron chi connectivity index (χ2n) is 6.24. The summed E-state index contributed by atoms with van der Waals surface area (Å²) in [6.45, 7) is 0.112. The van der Waals surface area contributed by atoms with E-state index in [0.717, 1.165) is 22.7 Å². The van der Waals surface area contributed by atoms with Crippen molar-refractivity contribution in [3.8, 4) is 16.9 Å². The van der Waals surface area contributed by atoms with E-state index in [1.165, 1.54) is 0 Å². The van der Waals surface area contributed by atoms with E-state index in [9.17, 15) is 4.79 Å². The lowest BCUT2D eigenvalue weighted by atomic mass is 10.1. The van der Waals surface area contributed by atoms with Gasteiger partial charge in [0.05, 0.1) is 7.11 Å². The van der Waals surface area contributed by atoms with Crippen molar-refractivity contribution in [1.82, 2.24) is 9.78 Å². The minimum absolute atomic E-state index is 0.112. The highest BCUT2D eigenvalue weighted by atomic mass is 35.5. The SMILES string of the molecule is COc1ccc(NC(=O)Cn2cc(-c3ccc(Cl)cc3)c(N(C)C)n2)cc1. The van der Waals surface area contributed by atoms with Crippen LogP contribution >= 0.6 is 11.6 Å². The van der Waals surface area contributed by atoms with Crippen molar-refractivity contribution in [1.29, 1.82) is 0 Å². The highest BCUT2D eigenvalue weighted by molar-refractivity contribution is 6.30. The van der Waals surface area contributed by atoms with Gasteiger partial charge in [-0.3, -0.25) is 9.48 Å². The van der Waals surface area contributed by atoms with E-state index in [0.29, 0.717) is 10.7 Å². The molecular formula is C20H21ClN4O2. The Hall–Kier alpha value is -2.99. The summed E-state index contributed by atoms with van der Waals surface area (Å²) in [5.41, 5.74) is 2.64. The zero-order valence-electron chi connectivity index (χ0n) is 15.4. The number of ether oxygens (including phenoxy) is 1. The summed E-state index contributed by atoms with van der Waals surface area (Å²) >= 11 is 5.98. The molecule has 0 aliphatic heterocycles. The van der Waals surface area contributed by atoms with Crippen molar-refractivity contribution < 1.29 is 9.53 Å². The standard InChI is InChI=1S/C20H21ClN4O2/c1-24(2)20-18(14-4-6-15(21)7-5-14)12-25(23-20)13-19(26)22-16-8-10-17(27-3)11-9-16/h4-12H,13H2,1-3H3,(H,22,26). The topological polar surface area (TPSA) is 59.4 Å². The van der Waals surface area contributed by atoms with E-state index in [-0.39, 0.29) is 12.5 Å². The fourth-order valence-electron chi connectivity index (χ4n) is 2.68. The second kappa shape index (κ2) is 8.14. The number of rotatable bonds is 6. The third kappa shape index (κ3) is 4.60. The minimum atomic E-state index is -0.157. The number of amides is 1. The molecule has 0 radical (unpaired) electrons. The first-order valence-corrected chi connectivity index (χ1v) is 8.78. The Bertz CT molecular complexity index is 918. The van der Waals surface area contributed by atoms with Crippen LogP contribution in [0.3, 0.4) is 0 Å². The van der Waals surface area contributed by atoms with Gasteiger partial charge in [-0.25, -0.2) is 0 Å². The molecule has 0 bridgehead atoms. The molecular weight excluding hydrogens is 364 g/mol. The lowest BCUT2D eigenvalue weighted by Gasteiger charge is -2.11. The van der Waals surface area contributed by atoms with E-state index < -0.39 is 0 Å². The molecule has 3 aromatic rings. The summed E-state index contributed by atoms with van der Waals surface area (Å²) < 4.78 is 6.75. The number of halogens is 1. The van der Waals surface area contributed by atoms with Crippen LogP contribution in [0.15, 0.2) is 54.7 Å². The van der Waals surface area contributed by atoms with Gasteiger partial charge in [0.25, 0.3) is 0 Å². The maximum Gasteiger partial charge on any atom is 0.246 e. The maximum atomic E-state index is 12.4. The van der Waals surface area contributed by atoms with Crippen molar-refractivity contribution in [2.24, 2.45) is 0 Å². The van der Waals surface area contributed by atoms with Gasteiger partial charge in [0.15, 0.2) is 5.82 Å². The molecule has 0 unspecified atom stereocenters. The van der Waals surface area contributed by atoms with Crippen LogP contribution in [0.4, 0.5) is 11.5 Å². The first kappa shape index (κ1) is 18.8. The second-order valence-corrected chi connectivity index (χ2v) is 6.68.